The summed E-state index contributed by atoms with van der Waals surface area (Å²) in [6, 6.07) is 13.2. The first kappa shape index (κ1) is 22.2. The number of ether oxygens (including phenoxy) is 2. The topological polar surface area (TPSA) is 51.1 Å². The van der Waals surface area contributed by atoms with Crippen molar-refractivity contribution in [3.8, 4) is 11.5 Å². The van der Waals surface area contributed by atoms with Crippen molar-refractivity contribution in [2.24, 2.45) is 4.99 Å². The number of thioether (sulfide) groups is 1. The van der Waals surface area contributed by atoms with Crippen molar-refractivity contribution in [1.29, 1.82) is 0 Å². The lowest BCUT2D eigenvalue weighted by Crippen LogP contribution is -2.28. The molecule has 0 bridgehead atoms. The lowest BCUT2D eigenvalue weighted by atomic mass is 10.1. The second kappa shape index (κ2) is 10.5. The molecule has 3 rings (SSSR count). The minimum absolute atomic E-state index is 0.0178. The highest BCUT2D eigenvalue weighted by atomic mass is 35.5. The van der Waals surface area contributed by atoms with E-state index in [0.29, 0.717) is 47.7 Å². The molecule has 0 unspecified atom stereocenters. The van der Waals surface area contributed by atoms with E-state index in [9.17, 15) is 4.79 Å². The Morgan fingerprint density at radius 3 is 2.50 bits per heavy atom. The molecule has 5 nitrogen and oxygen atoms in total. The molecule has 0 saturated carbocycles. The van der Waals surface area contributed by atoms with Crippen LogP contribution in [-0.2, 0) is 11.4 Å². The van der Waals surface area contributed by atoms with Gasteiger partial charge in [-0.15, -0.1) is 0 Å². The van der Waals surface area contributed by atoms with Gasteiger partial charge in [0, 0.05) is 18.1 Å². The van der Waals surface area contributed by atoms with Crippen molar-refractivity contribution >= 4 is 40.5 Å². The third-order valence-electron chi connectivity index (χ3n) is 4.37. The molecule has 0 spiro atoms. The summed E-state index contributed by atoms with van der Waals surface area (Å²) >= 11 is 7.34. The first-order valence-corrected chi connectivity index (χ1v) is 11.1. The Morgan fingerprint density at radius 1 is 1.07 bits per heavy atom. The predicted octanol–water partition coefficient (Wildman–Crippen LogP) is 5.63. The van der Waals surface area contributed by atoms with Gasteiger partial charge >= 0.3 is 0 Å². The monoisotopic (exact) mass is 444 g/mol. The number of benzene rings is 2. The van der Waals surface area contributed by atoms with Crippen LogP contribution in [0.4, 0.5) is 0 Å². The number of hydrogen-bond acceptors (Lipinski definition) is 5. The molecule has 2 aromatic carbocycles. The van der Waals surface area contributed by atoms with Gasteiger partial charge < -0.3 is 9.47 Å². The van der Waals surface area contributed by atoms with E-state index in [0.717, 1.165) is 16.3 Å². The number of likely N-dealkylation sites (N-methyl/N-ethyl adjacent to an activating group) is 1. The van der Waals surface area contributed by atoms with Crippen molar-refractivity contribution in [1.82, 2.24) is 4.90 Å². The minimum Gasteiger partial charge on any atom is -0.490 e. The third-order valence-corrected chi connectivity index (χ3v) is 5.67. The molecule has 0 aliphatic carbocycles. The summed E-state index contributed by atoms with van der Waals surface area (Å²) in [5.41, 5.74) is 1.89. The number of carbonyl (C=O) groups excluding carboxylic acids is 1. The molecule has 1 fully saturated rings. The fraction of sp³-hybridized carbons (Fsp3) is 0.304. The fourth-order valence-electron chi connectivity index (χ4n) is 2.94. The SMILES string of the molecule is CCN=C1S/C(=C\c2ccc(OCc3ccc(Cl)cc3)c(OCC)c2)C(=O)N1CC. The number of rotatable bonds is 8. The second-order valence-corrected chi connectivity index (χ2v) is 7.92. The molecule has 158 valence electrons. The highest BCUT2D eigenvalue weighted by Gasteiger charge is 2.31. The lowest BCUT2D eigenvalue weighted by Gasteiger charge is -2.13. The average molecular weight is 445 g/mol. The van der Waals surface area contributed by atoms with Gasteiger partial charge in [-0.2, -0.15) is 0 Å². The summed E-state index contributed by atoms with van der Waals surface area (Å²) in [7, 11) is 0. The maximum absolute atomic E-state index is 12.7. The molecular weight excluding hydrogens is 420 g/mol. The molecule has 1 aliphatic heterocycles. The van der Waals surface area contributed by atoms with E-state index in [-0.39, 0.29) is 5.91 Å². The maximum atomic E-state index is 12.7. The normalized spacial score (nSPS) is 16.5. The summed E-state index contributed by atoms with van der Waals surface area (Å²) in [5, 5.41) is 1.45. The van der Waals surface area contributed by atoms with Gasteiger partial charge in [-0.05, 0) is 74.0 Å². The van der Waals surface area contributed by atoms with Crippen molar-refractivity contribution in [3.05, 3.63) is 63.5 Å². The largest absolute Gasteiger partial charge is 0.490 e. The van der Waals surface area contributed by atoms with Gasteiger partial charge in [-0.25, -0.2) is 0 Å². The number of amidine groups is 1. The quantitative estimate of drug-likeness (QED) is 0.495. The average Bonchev–Trinajstić information content (AvgIpc) is 3.03. The van der Waals surface area contributed by atoms with E-state index in [1.54, 1.807) is 4.90 Å². The van der Waals surface area contributed by atoms with Crippen LogP contribution in [0.2, 0.25) is 5.02 Å². The van der Waals surface area contributed by atoms with E-state index < -0.39 is 0 Å². The van der Waals surface area contributed by atoms with Gasteiger partial charge in [0.25, 0.3) is 5.91 Å². The molecular formula is C23H25ClN2O3S. The van der Waals surface area contributed by atoms with Crippen LogP contribution in [0.5, 0.6) is 11.5 Å². The maximum Gasteiger partial charge on any atom is 0.266 e. The number of carbonyl (C=O) groups is 1. The minimum atomic E-state index is -0.0178. The number of halogens is 1. The Labute approximate surface area is 186 Å². The Morgan fingerprint density at radius 2 is 1.83 bits per heavy atom. The molecule has 30 heavy (non-hydrogen) atoms. The Kier molecular flexibility index (Phi) is 7.82. The summed E-state index contributed by atoms with van der Waals surface area (Å²) < 4.78 is 11.7. The van der Waals surface area contributed by atoms with Crippen LogP contribution in [0, 0.1) is 0 Å². The van der Waals surface area contributed by atoms with Gasteiger partial charge in [0.15, 0.2) is 16.7 Å². The van der Waals surface area contributed by atoms with Gasteiger partial charge in [0.2, 0.25) is 0 Å². The van der Waals surface area contributed by atoms with Gasteiger partial charge in [0.05, 0.1) is 11.5 Å². The molecule has 0 aromatic heterocycles. The van der Waals surface area contributed by atoms with Crippen LogP contribution < -0.4 is 9.47 Å². The van der Waals surface area contributed by atoms with Crippen molar-refractivity contribution in [2.75, 3.05) is 19.7 Å². The summed E-state index contributed by atoms with van der Waals surface area (Å²) in [6.07, 6.45) is 1.87. The zero-order chi connectivity index (χ0) is 21.5. The Hall–Kier alpha value is -2.44. The standard InChI is InChI=1S/C23H25ClN2O3S/c1-4-25-23-26(5-2)22(27)21(30-23)14-17-9-12-19(20(13-17)28-6-3)29-15-16-7-10-18(24)11-8-16/h7-14H,4-6,15H2,1-3H3/b21-14-,25-23?. The summed E-state index contributed by atoms with van der Waals surface area (Å²) in [4.78, 5) is 19.5. The van der Waals surface area contributed by atoms with Gasteiger partial charge in [0.1, 0.15) is 6.61 Å². The van der Waals surface area contributed by atoms with Crippen LogP contribution >= 0.6 is 23.4 Å². The van der Waals surface area contributed by atoms with E-state index in [1.165, 1.54) is 11.8 Å². The Bertz CT molecular complexity index is 957. The molecule has 1 heterocycles. The van der Waals surface area contributed by atoms with Crippen molar-refractivity contribution < 1.29 is 14.3 Å². The summed E-state index contributed by atoms with van der Waals surface area (Å²) in [5.74, 6) is 1.28. The van der Waals surface area contributed by atoms with Crippen LogP contribution in [-0.4, -0.2) is 35.7 Å². The highest BCUT2D eigenvalue weighted by molar-refractivity contribution is 8.18. The predicted molar refractivity (Wildman–Crippen MR) is 124 cm³/mol. The van der Waals surface area contributed by atoms with Gasteiger partial charge in [-0.3, -0.25) is 14.7 Å². The molecule has 0 N–H and O–H groups in total. The van der Waals surface area contributed by atoms with E-state index in [1.807, 2.05) is 69.3 Å². The molecule has 2 aromatic rings. The molecule has 0 atom stereocenters. The van der Waals surface area contributed by atoms with Crippen LogP contribution in [0.1, 0.15) is 31.9 Å². The highest BCUT2D eigenvalue weighted by Crippen LogP contribution is 2.35. The second-order valence-electron chi connectivity index (χ2n) is 6.47. The number of hydrogen-bond donors (Lipinski definition) is 0. The first-order valence-electron chi connectivity index (χ1n) is 9.95. The van der Waals surface area contributed by atoms with Crippen LogP contribution in [0.25, 0.3) is 6.08 Å². The molecule has 1 saturated heterocycles. The van der Waals surface area contributed by atoms with Crippen molar-refractivity contribution in [2.45, 2.75) is 27.4 Å². The van der Waals surface area contributed by atoms with Crippen molar-refractivity contribution in [3.63, 3.8) is 0 Å². The molecule has 1 amide bonds. The third kappa shape index (κ3) is 5.37. The molecule has 7 heteroatoms. The summed E-state index contributed by atoms with van der Waals surface area (Å²) in [6.45, 7) is 8.02. The smallest absolute Gasteiger partial charge is 0.266 e. The lowest BCUT2D eigenvalue weighted by molar-refractivity contribution is -0.122. The first-order chi connectivity index (χ1) is 14.5. The van der Waals surface area contributed by atoms with E-state index in [2.05, 4.69) is 4.99 Å². The Balaban J connectivity index is 1.80. The van der Waals surface area contributed by atoms with Gasteiger partial charge in [-0.1, -0.05) is 29.8 Å². The molecule has 1 aliphatic rings. The molecule has 0 radical (unpaired) electrons. The van der Waals surface area contributed by atoms with E-state index >= 15 is 0 Å². The van der Waals surface area contributed by atoms with Crippen LogP contribution in [0.3, 0.4) is 0 Å². The number of nitrogens with zero attached hydrogens (tertiary/aromatic N) is 2. The zero-order valence-electron chi connectivity index (χ0n) is 17.4. The number of aliphatic imine (C=N–C) groups is 1. The zero-order valence-corrected chi connectivity index (χ0v) is 18.9. The fourth-order valence-corrected chi connectivity index (χ4v) is 4.17. The van der Waals surface area contributed by atoms with E-state index in [4.69, 9.17) is 21.1 Å². The van der Waals surface area contributed by atoms with Crippen LogP contribution in [0.15, 0.2) is 52.4 Å². The number of amides is 1.